The summed E-state index contributed by atoms with van der Waals surface area (Å²) in [5.41, 5.74) is 0. The minimum atomic E-state index is 0.595. The van der Waals surface area contributed by atoms with Crippen molar-refractivity contribution in [3.05, 3.63) is 0 Å². The summed E-state index contributed by atoms with van der Waals surface area (Å²) < 4.78 is 9.68. The first-order valence-electron chi connectivity index (χ1n) is 2.55. The van der Waals surface area contributed by atoms with Crippen LogP contribution in [0.2, 0.25) is 0 Å². The van der Waals surface area contributed by atoms with Gasteiger partial charge in [0, 0.05) is 19.2 Å². The Hall–Kier alpha value is -0.420. The van der Waals surface area contributed by atoms with Crippen LogP contribution in [-0.4, -0.2) is 31.2 Å². The molecule has 0 spiro atoms. The second kappa shape index (κ2) is 2.93. The van der Waals surface area contributed by atoms with E-state index in [1.165, 1.54) is 12.1 Å². The van der Waals surface area contributed by atoms with Crippen molar-refractivity contribution in [2.45, 2.75) is 0 Å². The Labute approximate surface area is 58.5 Å². The van der Waals surface area contributed by atoms with Gasteiger partial charge in [-0.05, 0) is 0 Å². The average molecular weight is 147 g/mol. The van der Waals surface area contributed by atoms with Crippen molar-refractivity contribution in [1.29, 1.82) is 0 Å². The number of hydrogen-bond acceptors (Lipinski definition) is 5. The van der Waals surface area contributed by atoms with Gasteiger partial charge in [-0.1, -0.05) is 0 Å². The quantitative estimate of drug-likeness (QED) is 0.491. The predicted octanol–water partition coefficient (Wildman–Crippen LogP) is 0.0445. The lowest BCUT2D eigenvalue weighted by molar-refractivity contribution is 0.380. The Kier molecular flexibility index (Phi) is 2.18. The molecule has 0 radical (unpaired) electrons. The first kappa shape index (κ1) is 6.70. The number of nitrogens with zero attached hydrogens (tertiary/aromatic N) is 2. The molecule has 1 rings (SSSR count). The molecular weight excluding hydrogens is 138 g/mol. The van der Waals surface area contributed by atoms with Crippen molar-refractivity contribution in [1.82, 2.24) is 9.03 Å². The monoisotopic (exact) mass is 147 g/mol. The van der Waals surface area contributed by atoms with Crippen molar-refractivity contribution in [3.63, 3.8) is 0 Å². The summed E-state index contributed by atoms with van der Waals surface area (Å²) in [7, 11) is 3.55. The van der Waals surface area contributed by atoms with Crippen LogP contribution in [0.25, 0.3) is 0 Å². The van der Waals surface area contributed by atoms with Crippen LogP contribution in [0.5, 0.6) is 0 Å². The van der Waals surface area contributed by atoms with E-state index in [-0.39, 0.29) is 0 Å². The van der Waals surface area contributed by atoms with Gasteiger partial charge in [0.2, 0.25) is 0 Å². The lowest BCUT2D eigenvalue weighted by Gasteiger charge is -2.19. The highest BCUT2D eigenvalue weighted by Crippen LogP contribution is 2.05. The summed E-state index contributed by atoms with van der Waals surface area (Å²) in [6.45, 7) is 0.681. The minimum absolute atomic E-state index is 0.595. The SMILES string of the molecule is COC1=NCN(C)SN1. The van der Waals surface area contributed by atoms with Gasteiger partial charge in [0.15, 0.2) is 0 Å². The fourth-order valence-electron chi connectivity index (χ4n) is 0.448. The van der Waals surface area contributed by atoms with Gasteiger partial charge in [0.1, 0.15) is 6.67 Å². The molecule has 1 aliphatic rings. The number of aliphatic imine (C=N–C) groups is 1. The molecule has 4 nitrogen and oxygen atoms in total. The highest BCUT2D eigenvalue weighted by Gasteiger charge is 2.07. The summed E-state index contributed by atoms with van der Waals surface area (Å²) in [5.74, 6) is 0. The van der Waals surface area contributed by atoms with Gasteiger partial charge < -0.3 is 4.74 Å². The van der Waals surface area contributed by atoms with Crippen molar-refractivity contribution in [2.24, 2.45) is 4.99 Å². The summed E-state index contributed by atoms with van der Waals surface area (Å²) in [6.07, 6.45) is 0. The van der Waals surface area contributed by atoms with Gasteiger partial charge in [-0.15, -0.1) is 0 Å². The van der Waals surface area contributed by atoms with E-state index in [1.807, 2.05) is 11.4 Å². The van der Waals surface area contributed by atoms with Crippen LogP contribution >= 0.6 is 12.1 Å². The molecule has 0 atom stereocenters. The molecule has 0 saturated carbocycles. The molecule has 1 aliphatic heterocycles. The lowest BCUT2D eigenvalue weighted by atomic mass is 11.0. The highest BCUT2D eigenvalue weighted by molar-refractivity contribution is 7.95. The number of amidine groups is 1. The van der Waals surface area contributed by atoms with Crippen LogP contribution in [0.4, 0.5) is 0 Å². The number of methoxy groups -OCH3 is 1. The predicted molar refractivity (Wildman–Crippen MR) is 37.8 cm³/mol. The molecule has 0 fully saturated rings. The van der Waals surface area contributed by atoms with E-state index in [4.69, 9.17) is 4.74 Å². The molecule has 0 aromatic rings. The fraction of sp³-hybridized carbons (Fsp3) is 0.750. The number of hydrogen-bond donors (Lipinski definition) is 1. The molecule has 0 aliphatic carbocycles. The van der Waals surface area contributed by atoms with Crippen molar-refractivity contribution < 1.29 is 4.74 Å². The normalized spacial score (nSPS) is 20.4. The van der Waals surface area contributed by atoms with E-state index >= 15 is 0 Å². The largest absolute Gasteiger partial charge is 0.468 e. The molecule has 5 heteroatoms. The summed E-state index contributed by atoms with van der Waals surface area (Å²) in [4.78, 5) is 4.02. The first-order valence-corrected chi connectivity index (χ1v) is 3.33. The molecule has 0 aromatic carbocycles. The third-order valence-electron chi connectivity index (χ3n) is 0.896. The van der Waals surface area contributed by atoms with E-state index in [0.717, 1.165) is 0 Å². The zero-order valence-corrected chi connectivity index (χ0v) is 6.23. The molecule has 0 amide bonds. The van der Waals surface area contributed by atoms with Gasteiger partial charge >= 0.3 is 0 Å². The summed E-state index contributed by atoms with van der Waals surface area (Å²) >= 11 is 1.48. The van der Waals surface area contributed by atoms with Crippen LogP contribution in [0.1, 0.15) is 0 Å². The summed E-state index contributed by atoms with van der Waals surface area (Å²) in [6, 6.07) is 0.595. The van der Waals surface area contributed by atoms with Gasteiger partial charge in [0.05, 0.1) is 7.11 Å². The standard InChI is InChI=1S/C4H9N3OS/c1-7-3-5-4(8-2)6-9-7/h3H2,1-2H3,(H,5,6). The molecular formula is C4H9N3OS. The van der Waals surface area contributed by atoms with Gasteiger partial charge in [0.25, 0.3) is 6.02 Å². The third kappa shape index (κ3) is 1.76. The van der Waals surface area contributed by atoms with Gasteiger partial charge in [-0.2, -0.15) is 0 Å². The van der Waals surface area contributed by atoms with Crippen LogP contribution in [0, 0.1) is 0 Å². The molecule has 52 valence electrons. The second-order valence-electron chi connectivity index (χ2n) is 1.63. The van der Waals surface area contributed by atoms with E-state index in [2.05, 4.69) is 9.71 Å². The van der Waals surface area contributed by atoms with Crippen LogP contribution < -0.4 is 4.72 Å². The molecule has 1 heterocycles. The molecule has 9 heavy (non-hydrogen) atoms. The van der Waals surface area contributed by atoms with E-state index in [9.17, 15) is 0 Å². The van der Waals surface area contributed by atoms with E-state index < -0.39 is 0 Å². The molecule has 0 bridgehead atoms. The summed E-state index contributed by atoms with van der Waals surface area (Å²) in [5, 5.41) is 0. The molecule has 0 saturated heterocycles. The second-order valence-corrected chi connectivity index (χ2v) is 2.64. The van der Waals surface area contributed by atoms with E-state index in [0.29, 0.717) is 12.7 Å². The van der Waals surface area contributed by atoms with Crippen LogP contribution in [0.3, 0.4) is 0 Å². The lowest BCUT2D eigenvalue weighted by Crippen LogP contribution is -2.30. The van der Waals surface area contributed by atoms with Gasteiger partial charge in [-0.3, -0.25) is 4.72 Å². The Balaban J connectivity index is 2.40. The average Bonchev–Trinajstić information content (AvgIpc) is 1.90. The maximum Gasteiger partial charge on any atom is 0.296 e. The number of ether oxygens (including phenoxy) is 1. The zero-order chi connectivity index (χ0) is 6.69. The first-order chi connectivity index (χ1) is 4.33. The Morgan fingerprint density at radius 1 is 1.89 bits per heavy atom. The fourth-order valence-corrected chi connectivity index (χ4v) is 0.945. The molecule has 0 unspecified atom stereocenters. The maximum atomic E-state index is 4.83. The number of nitrogens with one attached hydrogen (secondary N) is 1. The van der Waals surface area contributed by atoms with Crippen molar-refractivity contribution in [3.8, 4) is 0 Å². The molecule has 0 aromatic heterocycles. The smallest absolute Gasteiger partial charge is 0.296 e. The van der Waals surface area contributed by atoms with Crippen LogP contribution in [-0.2, 0) is 4.74 Å². The van der Waals surface area contributed by atoms with Crippen LogP contribution in [0.15, 0.2) is 4.99 Å². The van der Waals surface area contributed by atoms with E-state index in [1.54, 1.807) is 7.11 Å². The van der Waals surface area contributed by atoms with Crippen molar-refractivity contribution >= 4 is 18.2 Å². The topological polar surface area (TPSA) is 36.9 Å². The Morgan fingerprint density at radius 2 is 2.67 bits per heavy atom. The maximum absolute atomic E-state index is 4.83. The molecule has 1 N–H and O–H groups in total. The zero-order valence-electron chi connectivity index (χ0n) is 5.42. The Bertz CT molecular complexity index is 127. The van der Waals surface area contributed by atoms with Gasteiger partial charge in [-0.25, -0.2) is 9.30 Å². The van der Waals surface area contributed by atoms with Crippen molar-refractivity contribution in [2.75, 3.05) is 20.8 Å². The third-order valence-corrected chi connectivity index (χ3v) is 1.59. The highest BCUT2D eigenvalue weighted by atomic mass is 32.2. The Morgan fingerprint density at radius 3 is 3.11 bits per heavy atom. The number of rotatable bonds is 0. The minimum Gasteiger partial charge on any atom is -0.468 e.